The maximum atomic E-state index is 15.3. The minimum Gasteiger partial charge on any atom is -0.492 e. The van der Waals surface area contributed by atoms with Gasteiger partial charge in [-0.3, -0.25) is 4.79 Å². The molecule has 1 aromatic heterocycles. The number of aliphatic hydroxyl groups excluding tert-OH is 1. The second kappa shape index (κ2) is 6.32. The van der Waals surface area contributed by atoms with Crippen molar-refractivity contribution in [2.24, 2.45) is 5.92 Å². The third-order valence-electron chi connectivity index (χ3n) is 6.24. The Morgan fingerprint density at radius 3 is 2.72 bits per heavy atom. The fraction of sp³-hybridized carbons (Fsp3) is 0.429. The van der Waals surface area contributed by atoms with Gasteiger partial charge in [-0.25, -0.2) is 9.18 Å². The molecule has 2 heterocycles. The SMILES string of the molecule is COc1c(N2CC3=CCC(O)C3C2)c(F)cc2c(=O)c(C(=O)O)cn(C3CC3)c12. The number of methoxy groups -OCH3 is 1. The average molecular weight is 400 g/mol. The maximum Gasteiger partial charge on any atom is 0.341 e. The first kappa shape index (κ1) is 18.2. The number of nitrogens with zero attached hydrogens (tertiary/aromatic N) is 2. The molecule has 7 nitrogen and oxygen atoms in total. The van der Waals surface area contributed by atoms with E-state index in [1.54, 1.807) is 4.57 Å². The molecule has 29 heavy (non-hydrogen) atoms. The molecular formula is C21H21FN2O5. The standard InChI is InChI=1S/C21H21FN2O5/c1-29-20-17-12(19(26)14(21(27)28)9-24(17)11-3-4-11)6-15(22)18(20)23-7-10-2-5-16(25)13(10)8-23/h2,6,9,11,13,16,25H,3-5,7-8H2,1H3,(H,27,28). The third kappa shape index (κ3) is 2.66. The molecule has 1 saturated carbocycles. The molecule has 3 aliphatic rings. The van der Waals surface area contributed by atoms with Gasteiger partial charge in [0.1, 0.15) is 11.3 Å². The van der Waals surface area contributed by atoms with Crippen molar-refractivity contribution in [1.29, 1.82) is 0 Å². The van der Waals surface area contributed by atoms with E-state index in [0.29, 0.717) is 25.0 Å². The molecule has 1 aromatic carbocycles. The lowest BCUT2D eigenvalue weighted by atomic mass is 10.0. The van der Waals surface area contributed by atoms with Crippen molar-refractivity contribution in [3.8, 4) is 5.75 Å². The molecule has 0 bridgehead atoms. The summed E-state index contributed by atoms with van der Waals surface area (Å²) in [4.78, 5) is 26.1. The number of halogens is 1. The van der Waals surface area contributed by atoms with Crippen LogP contribution in [0.3, 0.4) is 0 Å². The van der Waals surface area contributed by atoms with Gasteiger partial charge in [-0.15, -0.1) is 0 Å². The van der Waals surface area contributed by atoms with Crippen LogP contribution < -0.4 is 15.1 Å². The van der Waals surface area contributed by atoms with Crippen LogP contribution in [-0.2, 0) is 0 Å². The highest BCUT2D eigenvalue weighted by Gasteiger charge is 2.39. The zero-order valence-corrected chi connectivity index (χ0v) is 15.9. The number of aromatic carboxylic acids is 1. The van der Waals surface area contributed by atoms with E-state index < -0.39 is 23.3 Å². The van der Waals surface area contributed by atoms with Crippen LogP contribution in [-0.4, -0.2) is 47.1 Å². The Labute approximate surface area is 165 Å². The molecule has 2 atom stereocenters. The van der Waals surface area contributed by atoms with Crippen molar-refractivity contribution in [3.05, 3.63) is 45.5 Å². The van der Waals surface area contributed by atoms with Crippen LogP contribution >= 0.6 is 0 Å². The summed E-state index contributed by atoms with van der Waals surface area (Å²) >= 11 is 0. The lowest BCUT2D eigenvalue weighted by Gasteiger charge is -2.25. The number of aliphatic hydroxyl groups is 1. The van der Waals surface area contributed by atoms with Gasteiger partial charge in [0.2, 0.25) is 5.43 Å². The quantitative estimate of drug-likeness (QED) is 0.766. The van der Waals surface area contributed by atoms with Crippen molar-refractivity contribution in [2.45, 2.75) is 31.4 Å². The second-order valence-corrected chi connectivity index (χ2v) is 8.02. The smallest absolute Gasteiger partial charge is 0.341 e. The number of carboxylic acids is 1. The third-order valence-corrected chi connectivity index (χ3v) is 6.24. The molecule has 152 valence electrons. The monoisotopic (exact) mass is 400 g/mol. The molecule has 2 N–H and O–H groups in total. The number of aromatic nitrogens is 1. The van der Waals surface area contributed by atoms with Crippen LogP contribution in [0.25, 0.3) is 10.9 Å². The molecule has 2 unspecified atom stereocenters. The molecule has 1 saturated heterocycles. The van der Waals surface area contributed by atoms with Gasteiger partial charge in [-0.05, 0) is 30.9 Å². The summed E-state index contributed by atoms with van der Waals surface area (Å²) in [6, 6.07) is 1.19. The van der Waals surface area contributed by atoms with Gasteiger partial charge in [0.15, 0.2) is 11.6 Å². The average Bonchev–Trinajstić information content (AvgIpc) is 3.35. The van der Waals surface area contributed by atoms with Crippen molar-refractivity contribution in [1.82, 2.24) is 4.57 Å². The van der Waals surface area contributed by atoms with Crippen molar-refractivity contribution < 1.29 is 24.1 Å². The Bertz CT molecular complexity index is 1130. The number of ether oxygens (including phenoxy) is 1. The van der Waals surface area contributed by atoms with E-state index in [9.17, 15) is 19.8 Å². The molecule has 5 rings (SSSR count). The first-order valence-electron chi connectivity index (χ1n) is 9.71. The summed E-state index contributed by atoms with van der Waals surface area (Å²) in [6.07, 6.45) is 5.21. The number of rotatable bonds is 4. The fourth-order valence-electron chi connectivity index (χ4n) is 4.67. The normalized spacial score (nSPS) is 23.4. The van der Waals surface area contributed by atoms with Gasteiger partial charge in [0.05, 0.1) is 24.1 Å². The van der Waals surface area contributed by atoms with E-state index in [-0.39, 0.29) is 34.3 Å². The second-order valence-electron chi connectivity index (χ2n) is 8.02. The first-order valence-corrected chi connectivity index (χ1v) is 9.71. The van der Waals surface area contributed by atoms with Gasteiger partial charge < -0.3 is 24.4 Å². The van der Waals surface area contributed by atoms with Crippen LogP contribution in [0.2, 0.25) is 0 Å². The van der Waals surface area contributed by atoms with Crippen molar-refractivity contribution in [3.63, 3.8) is 0 Å². The summed E-state index contributed by atoms with van der Waals surface area (Å²) in [6.45, 7) is 0.952. The maximum absolute atomic E-state index is 15.3. The van der Waals surface area contributed by atoms with Crippen LogP contribution in [0.4, 0.5) is 10.1 Å². The van der Waals surface area contributed by atoms with Gasteiger partial charge in [0, 0.05) is 31.2 Å². The molecule has 0 spiro atoms. The minimum atomic E-state index is -1.33. The fourth-order valence-corrected chi connectivity index (χ4v) is 4.67. The number of hydrogen-bond donors (Lipinski definition) is 2. The molecule has 8 heteroatoms. The molecule has 2 fully saturated rings. The van der Waals surface area contributed by atoms with E-state index in [0.717, 1.165) is 24.5 Å². The van der Waals surface area contributed by atoms with E-state index >= 15 is 4.39 Å². The largest absolute Gasteiger partial charge is 0.492 e. The lowest BCUT2D eigenvalue weighted by molar-refractivity contribution is 0.0694. The Morgan fingerprint density at radius 2 is 2.10 bits per heavy atom. The molecule has 2 aliphatic carbocycles. The van der Waals surface area contributed by atoms with E-state index in [1.807, 2.05) is 11.0 Å². The van der Waals surface area contributed by atoms with Crippen molar-refractivity contribution in [2.75, 3.05) is 25.1 Å². The van der Waals surface area contributed by atoms with Crippen LogP contribution in [0, 0.1) is 11.7 Å². The highest BCUT2D eigenvalue weighted by atomic mass is 19.1. The molecule has 2 aromatic rings. The van der Waals surface area contributed by atoms with Crippen LogP contribution in [0.5, 0.6) is 5.75 Å². The van der Waals surface area contributed by atoms with E-state index in [4.69, 9.17) is 4.74 Å². The van der Waals surface area contributed by atoms with Gasteiger partial charge in [-0.1, -0.05) is 6.08 Å². The van der Waals surface area contributed by atoms with E-state index in [2.05, 4.69) is 0 Å². The number of fused-ring (bicyclic) bond motifs is 2. The van der Waals surface area contributed by atoms with Crippen LogP contribution in [0.1, 0.15) is 35.7 Å². The zero-order chi connectivity index (χ0) is 20.4. The number of carbonyl (C=O) groups is 1. The topological polar surface area (TPSA) is 92.0 Å². The summed E-state index contributed by atoms with van der Waals surface area (Å²) < 4.78 is 22.6. The molecule has 1 aliphatic heterocycles. The molecule has 0 radical (unpaired) electrons. The Hall–Kier alpha value is -2.87. The van der Waals surface area contributed by atoms with Gasteiger partial charge >= 0.3 is 5.97 Å². The van der Waals surface area contributed by atoms with Crippen molar-refractivity contribution >= 4 is 22.6 Å². The summed E-state index contributed by atoms with van der Waals surface area (Å²) in [5.41, 5.74) is 0.666. The zero-order valence-electron chi connectivity index (χ0n) is 15.9. The number of pyridine rings is 1. The molecular weight excluding hydrogens is 379 g/mol. The molecule has 0 amide bonds. The predicted octanol–water partition coefficient (Wildman–Crippen LogP) is 2.31. The number of hydrogen-bond acceptors (Lipinski definition) is 5. The number of benzene rings is 1. The van der Waals surface area contributed by atoms with Gasteiger partial charge in [-0.2, -0.15) is 0 Å². The summed E-state index contributed by atoms with van der Waals surface area (Å²) in [7, 11) is 1.43. The van der Waals surface area contributed by atoms with Gasteiger partial charge in [0.25, 0.3) is 0 Å². The summed E-state index contributed by atoms with van der Waals surface area (Å²) in [5.74, 6) is -1.76. The predicted molar refractivity (Wildman–Crippen MR) is 104 cm³/mol. The number of carboxylic acid groups (broad SMARTS) is 1. The Morgan fingerprint density at radius 1 is 1.34 bits per heavy atom. The Kier molecular flexibility index (Phi) is 3.96. The minimum absolute atomic E-state index is 0.00791. The number of anilines is 1. The highest BCUT2D eigenvalue weighted by Crippen LogP contribution is 2.46. The van der Waals surface area contributed by atoms with E-state index in [1.165, 1.54) is 13.3 Å². The first-order chi connectivity index (χ1) is 13.9. The summed E-state index contributed by atoms with van der Waals surface area (Å²) in [5, 5.41) is 19.6. The highest BCUT2D eigenvalue weighted by molar-refractivity contribution is 5.97. The lowest BCUT2D eigenvalue weighted by Crippen LogP contribution is -2.26. The van der Waals surface area contributed by atoms with Crippen LogP contribution in [0.15, 0.2) is 28.7 Å². The Balaban J connectivity index is 1.76.